The molecule has 9 heteroatoms. The molecule has 1 aromatic rings. The summed E-state index contributed by atoms with van der Waals surface area (Å²) in [5.74, 6) is 1.44. The van der Waals surface area contributed by atoms with E-state index in [1.54, 1.807) is 13.3 Å². The smallest absolute Gasteiger partial charge is 0.225 e. The molecule has 158 valence electrons. The van der Waals surface area contributed by atoms with Crippen LogP contribution in [0.2, 0.25) is 0 Å². The van der Waals surface area contributed by atoms with E-state index >= 15 is 0 Å². The van der Waals surface area contributed by atoms with Gasteiger partial charge in [-0.3, -0.25) is 9.59 Å². The molecule has 0 fully saturated rings. The van der Waals surface area contributed by atoms with Crippen LogP contribution in [0.5, 0.6) is 5.75 Å². The van der Waals surface area contributed by atoms with E-state index in [1.165, 1.54) is 0 Å². The summed E-state index contributed by atoms with van der Waals surface area (Å²) in [5, 5.41) is 11.9. The number of ether oxygens (including phenoxy) is 1. The summed E-state index contributed by atoms with van der Waals surface area (Å²) >= 11 is 0. The molecule has 28 heavy (non-hydrogen) atoms. The summed E-state index contributed by atoms with van der Waals surface area (Å²) in [7, 11) is 1.54. The summed E-state index contributed by atoms with van der Waals surface area (Å²) < 4.78 is 5.27. The molecule has 2 amide bonds. The molecule has 0 radical (unpaired) electrons. The number of nitrogens with zero attached hydrogens (tertiary/aromatic N) is 2. The van der Waals surface area contributed by atoms with Gasteiger partial charge in [0.2, 0.25) is 17.8 Å². The Morgan fingerprint density at radius 1 is 0.893 bits per heavy atom. The number of carbonyl (C=O) groups is 2. The van der Waals surface area contributed by atoms with Crippen LogP contribution in [0, 0.1) is 10.8 Å². The van der Waals surface area contributed by atoms with Gasteiger partial charge in [0.1, 0.15) is 0 Å². The van der Waals surface area contributed by atoms with Gasteiger partial charge >= 0.3 is 0 Å². The van der Waals surface area contributed by atoms with E-state index in [9.17, 15) is 9.59 Å². The highest BCUT2D eigenvalue weighted by Gasteiger charge is 2.21. The SMILES string of the molecule is COc1cnc(NCCNC(=O)C(C)(C)C)nc1NCCNC(=O)C(C)(C)C. The molecule has 0 unspecified atom stereocenters. The van der Waals surface area contributed by atoms with Crippen LogP contribution in [0.1, 0.15) is 41.5 Å². The van der Waals surface area contributed by atoms with Crippen molar-refractivity contribution in [3.63, 3.8) is 0 Å². The van der Waals surface area contributed by atoms with Gasteiger partial charge in [-0.05, 0) is 0 Å². The molecule has 0 atom stereocenters. The molecule has 4 N–H and O–H groups in total. The number of anilines is 2. The van der Waals surface area contributed by atoms with Crippen LogP contribution in [0.25, 0.3) is 0 Å². The molecule has 1 aromatic heterocycles. The lowest BCUT2D eigenvalue weighted by Gasteiger charge is -2.18. The number of nitrogens with one attached hydrogen (secondary N) is 4. The zero-order valence-corrected chi connectivity index (χ0v) is 18.0. The van der Waals surface area contributed by atoms with Crippen molar-refractivity contribution < 1.29 is 14.3 Å². The lowest BCUT2D eigenvalue weighted by Crippen LogP contribution is -2.37. The maximum Gasteiger partial charge on any atom is 0.225 e. The topological polar surface area (TPSA) is 117 Å². The van der Waals surface area contributed by atoms with Gasteiger partial charge in [-0.2, -0.15) is 4.98 Å². The van der Waals surface area contributed by atoms with E-state index in [4.69, 9.17) is 4.74 Å². The predicted molar refractivity (Wildman–Crippen MR) is 110 cm³/mol. The molecule has 0 aliphatic carbocycles. The second-order valence-electron chi connectivity index (χ2n) is 8.48. The molecular formula is C19H34N6O3. The van der Waals surface area contributed by atoms with Gasteiger partial charge in [0.05, 0.1) is 13.3 Å². The Kier molecular flexibility index (Phi) is 8.46. The second kappa shape index (κ2) is 10.1. The normalized spacial score (nSPS) is 11.5. The van der Waals surface area contributed by atoms with Crippen molar-refractivity contribution in [3.8, 4) is 5.75 Å². The number of hydrogen-bond donors (Lipinski definition) is 4. The summed E-state index contributed by atoms with van der Waals surface area (Å²) in [4.78, 5) is 32.3. The van der Waals surface area contributed by atoms with Crippen molar-refractivity contribution in [1.29, 1.82) is 0 Å². The van der Waals surface area contributed by atoms with Gasteiger partial charge in [-0.15, -0.1) is 0 Å². The molecule has 0 saturated carbocycles. The first-order valence-electron chi connectivity index (χ1n) is 9.40. The van der Waals surface area contributed by atoms with Crippen molar-refractivity contribution >= 4 is 23.6 Å². The van der Waals surface area contributed by atoms with E-state index in [0.29, 0.717) is 43.7 Å². The zero-order valence-electron chi connectivity index (χ0n) is 18.0. The van der Waals surface area contributed by atoms with Crippen LogP contribution >= 0.6 is 0 Å². The second-order valence-corrected chi connectivity index (χ2v) is 8.48. The highest BCUT2D eigenvalue weighted by atomic mass is 16.5. The Bertz CT molecular complexity index is 665. The number of aromatic nitrogens is 2. The van der Waals surface area contributed by atoms with Crippen molar-refractivity contribution in [3.05, 3.63) is 6.20 Å². The van der Waals surface area contributed by atoms with Crippen molar-refractivity contribution in [2.24, 2.45) is 10.8 Å². The third kappa shape index (κ3) is 7.98. The van der Waals surface area contributed by atoms with Crippen LogP contribution in [0.3, 0.4) is 0 Å². The first-order valence-corrected chi connectivity index (χ1v) is 9.40. The molecule has 1 heterocycles. The summed E-state index contributed by atoms with van der Waals surface area (Å²) in [6.45, 7) is 13.1. The number of hydrogen-bond acceptors (Lipinski definition) is 7. The zero-order chi connectivity index (χ0) is 21.4. The first-order chi connectivity index (χ1) is 12.9. The Balaban J connectivity index is 2.52. The van der Waals surface area contributed by atoms with E-state index in [-0.39, 0.29) is 11.8 Å². The Morgan fingerprint density at radius 2 is 1.39 bits per heavy atom. The minimum Gasteiger partial charge on any atom is -0.491 e. The van der Waals surface area contributed by atoms with Gasteiger partial charge < -0.3 is 26.0 Å². The van der Waals surface area contributed by atoms with Gasteiger partial charge in [-0.25, -0.2) is 4.98 Å². The number of carbonyl (C=O) groups excluding carboxylic acids is 2. The average Bonchev–Trinajstić information content (AvgIpc) is 2.60. The van der Waals surface area contributed by atoms with Gasteiger partial charge in [0.15, 0.2) is 11.6 Å². The Morgan fingerprint density at radius 3 is 1.86 bits per heavy atom. The summed E-state index contributed by atoms with van der Waals surface area (Å²) in [6.07, 6.45) is 1.57. The van der Waals surface area contributed by atoms with Gasteiger partial charge in [0.25, 0.3) is 0 Å². The van der Waals surface area contributed by atoms with Crippen molar-refractivity contribution in [1.82, 2.24) is 20.6 Å². The number of rotatable bonds is 9. The standard InChI is InChI=1S/C19H34N6O3/c1-18(2,3)15(26)21-9-8-20-14-13(28-7)12-24-17(25-14)23-11-10-22-16(27)19(4,5)6/h12H,8-11H2,1-7H3,(H,21,26)(H,22,27)(H2,20,23,24,25). The highest BCUT2D eigenvalue weighted by molar-refractivity contribution is 5.81. The highest BCUT2D eigenvalue weighted by Crippen LogP contribution is 2.21. The predicted octanol–water partition coefficient (Wildman–Crippen LogP) is 1.63. The molecule has 0 aliphatic rings. The number of amides is 2. The van der Waals surface area contributed by atoms with Crippen LogP contribution in [-0.2, 0) is 9.59 Å². The number of methoxy groups -OCH3 is 1. The van der Waals surface area contributed by atoms with Gasteiger partial charge in [0, 0.05) is 37.0 Å². The monoisotopic (exact) mass is 394 g/mol. The van der Waals surface area contributed by atoms with Crippen LogP contribution in [0.15, 0.2) is 6.20 Å². The van der Waals surface area contributed by atoms with Crippen LogP contribution in [0.4, 0.5) is 11.8 Å². The van der Waals surface area contributed by atoms with E-state index in [0.717, 1.165) is 0 Å². The summed E-state index contributed by atoms with van der Waals surface area (Å²) in [5.41, 5.74) is -0.845. The minimum atomic E-state index is -0.424. The van der Waals surface area contributed by atoms with Crippen molar-refractivity contribution in [2.75, 3.05) is 43.9 Å². The van der Waals surface area contributed by atoms with Crippen LogP contribution < -0.4 is 26.0 Å². The molecular weight excluding hydrogens is 360 g/mol. The maximum atomic E-state index is 11.9. The lowest BCUT2D eigenvalue weighted by atomic mass is 9.96. The van der Waals surface area contributed by atoms with Gasteiger partial charge in [-0.1, -0.05) is 41.5 Å². The quantitative estimate of drug-likeness (QED) is 0.470. The molecule has 1 rings (SSSR count). The van der Waals surface area contributed by atoms with Crippen molar-refractivity contribution in [2.45, 2.75) is 41.5 Å². The fourth-order valence-electron chi connectivity index (χ4n) is 1.97. The average molecular weight is 395 g/mol. The molecule has 9 nitrogen and oxygen atoms in total. The first kappa shape index (κ1) is 23.5. The molecule has 0 aliphatic heterocycles. The molecule has 0 aromatic carbocycles. The third-order valence-electron chi connectivity index (χ3n) is 3.73. The Hall–Kier alpha value is -2.58. The largest absolute Gasteiger partial charge is 0.491 e. The maximum absolute atomic E-state index is 11.9. The fourth-order valence-corrected chi connectivity index (χ4v) is 1.97. The molecule has 0 bridgehead atoms. The molecule has 0 spiro atoms. The summed E-state index contributed by atoms with van der Waals surface area (Å²) in [6, 6.07) is 0. The van der Waals surface area contributed by atoms with Crippen LogP contribution in [-0.4, -0.2) is 55.1 Å². The fraction of sp³-hybridized carbons (Fsp3) is 0.684. The van der Waals surface area contributed by atoms with E-state index < -0.39 is 10.8 Å². The minimum absolute atomic E-state index is 0.00962. The Labute approximate surface area is 167 Å². The third-order valence-corrected chi connectivity index (χ3v) is 3.73. The van der Waals surface area contributed by atoms with E-state index in [2.05, 4.69) is 31.2 Å². The molecule has 0 saturated heterocycles. The van der Waals surface area contributed by atoms with E-state index in [1.807, 2.05) is 41.5 Å². The lowest BCUT2D eigenvalue weighted by molar-refractivity contribution is -0.129.